The van der Waals surface area contributed by atoms with Gasteiger partial charge >= 0.3 is 0 Å². The number of ketones is 1. The summed E-state index contributed by atoms with van der Waals surface area (Å²) in [6.45, 7) is 3.90. The number of rotatable bonds is 5. The van der Waals surface area contributed by atoms with Crippen LogP contribution in [-0.4, -0.2) is 26.3 Å². The topological polar surface area (TPSA) is 47.8 Å². The van der Waals surface area contributed by atoms with Crippen molar-refractivity contribution in [3.63, 3.8) is 0 Å². The molecule has 0 unspecified atom stereocenters. The van der Waals surface area contributed by atoms with Crippen LogP contribution < -0.4 is 0 Å². The van der Waals surface area contributed by atoms with E-state index in [0.717, 1.165) is 17.4 Å². The quantitative estimate of drug-likeness (QED) is 0.697. The highest BCUT2D eigenvalue weighted by molar-refractivity contribution is 7.99. The van der Waals surface area contributed by atoms with Crippen LogP contribution in [-0.2, 0) is 11.8 Å². The Hall–Kier alpha value is -0.840. The average Bonchev–Trinajstić information content (AvgIpc) is 2.46. The van der Waals surface area contributed by atoms with Gasteiger partial charge in [0.2, 0.25) is 0 Å². The number of aryl methyl sites for hydroxylation is 1. The van der Waals surface area contributed by atoms with Crippen LogP contribution in [0.2, 0.25) is 0 Å². The molecule has 0 saturated heterocycles. The van der Waals surface area contributed by atoms with Crippen molar-refractivity contribution in [2.24, 2.45) is 7.05 Å². The fraction of sp³-hybridized carbons (Fsp3) is 0.667. The molecule has 1 heterocycles. The molecule has 5 heteroatoms. The molecule has 0 fully saturated rings. The van der Waals surface area contributed by atoms with Crippen LogP contribution in [0.3, 0.4) is 0 Å². The summed E-state index contributed by atoms with van der Waals surface area (Å²) in [5.41, 5.74) is 0. The molecule has 0 aliphatic carbocycles. The van der Waals surface area contributed by atoms with Gasteiger partial charge in [0.15, 0.2) is 5.16 Å². The van der Waals surface area contributed by atoms with E-state index >= 15 is 0 Å². The van der Waals surface area contributed by atoms with Crippen LogP contribution in [0.25, 0.3) is 0 Å². The van der Waals surface area contributed by atoms with Crippen LogP contribution in [0.15, 0.2) is 5.16 Å². The third-order valence-corrected chi connectivity index (χ3v) is 3.02. The molecule has 14 heavy (non-hydrogen) atoms. The molecule has 0 aromatic carbocycles. The normalized spacial score (nSPS) is 10.5. The summed E-state index contributed by atoms with van der Waals surface area (Å²) in [5.74, 6) is 1.65. The average molecular weight is 213 g/mol. The Morgan fingerprint density at radius 1 is 1.50 bits per heavy atom. The summed E-state index contributed by atoms with van der Waals surface area (Å²) in [6.07, 6.45) is 1.57. The molecular weight excluding hydrogens is 198 g/mol. The first-order valence-corrected chi connectivity index (χ1v) is 5.64. The van der Waals surface area contributed by atoms with Gasteiger partial charge in [-0.3, -0.25) is 4.79 Å². The number of carbonyl (C=O) groups excluding carboxylic acids is 1. The van der Waals surface area contributed by atoms with Crippen molar-refractivity contribution in [3.8, 4) is 0 Å². The Morgan fingerprint density at radius 2 is 2.21 bits per heavy atom. The van der Waals surface area contributed by atoms with E-state index in [4.69, 9.17) is 0 Å². The third kappa shape index (κ3) is 2.83. The molecule has 0 amide bonds. The van der Waals surface area contributed by atoms with E-state index in [1.165, 1.54) is 11.8 Å². The molecule has 0 radical (unpaired) electrons. The zero-order valence-corrected chi connectivity index (χ0v) is 9.60. The first-order chi connectivity index (χ1) is 6.65. The Kier molecular flexibility index (Phi) is 4.13. The van der Waals surface area contributed by atoms with E-state index in [1.807, 2.05) is 25.5 Å². The predicted molar refractivity (Wildman–Crippen MR) is 56.4 cm³/mol. The molecule has 0 atom stereocenters. The largest absolute Gasteiger partial charge is 0.309 e. The van der Waals surface area contributed by atoms with Crippen molar-refractivity contribution in [1.82, 2.24) is 14.8 Å². The van der Waals surface area contributed by atoms with E-state index in [1.54, 1.807) is 0 Å². The summed E-state index contributed by atoms with van der Waals surface area (Å²) in [7, 11) is 1.90. The molecule has 1 aromatic heterocycles. The van der Waals surface area contributed by atoms with E-state index in [2.05, 4.69) is 10.2 Å². The van der Waals surface area contributed by atoms with Gasteiger partial charge in [0.1, 0.15) is 11.6 Å². The van der Waals surface area contributed by atoms with Gasteiger partial charge in [-0.15, -0.1) is 10.2 Å². The monoisotopic (exact) mass is 213 g/mol. The maximum absolute atomic E-state index is 11.3. The SMILES string of the molecule is CCCC(=O)CSc1nnc(C)n1C. The van der Waals surface area contributed by atoms with Gasteiger partial charge in [-0.25, -0.2) is 0 Å². The number of Topliss-reactive ketones (excluding diaryl/α,β-unsaturated/α-hetero) is 1. The van der Waals surface area contributed by atoms with Crippen molar-refractivity contribution < 1.29 is 4.79 Å². The van der Waals surface area contributed by atoms with Gasteiger partial charge in [-0.05, 0) is 13.3 Å². The third-order valence-electron chi connectivity index (χ3n) is 1.94. The molecule has 0 saturated carbocycles. The Labute approximate surface area is 88.1 Å². The summed E-state index contributed by atoms with van der Waals surface area (Å²) in [5, 5.41) is 8.70. The lowest BCUT2D eigenvalue weighted by Crippen LogP contribution is -2.02. The van der Waals surface area contributed by atoms with Crippen molar-refractivity contribution >= 4 is 17.5 Å². The molecule has 0 spiro atoms. The van der Waals surface area contributed by atoms with Gasteiger partial charge in [-0.2, -0.15) is 0 Å². The highest BCUT2D eigenvalue weighted by Gasteiger charge is 2.07. The van der Waals surface area contributed by atoms with Crippen molar-refractivity contribution in [3.05, 3.63) is 5.82 Å². The van der Waals surface area contributed by atoms with E-state index < -0.39 is 0 Å². The lowest BCUT2D eigenvalue weighted by molar-refractivity contribution is -0.116. The first-order valence-electron chi connectivity index (χ1n) is 4.65. The maximum Gasteiger partial charge on any atom is 0.191 e. The number of aromatic nitrogens is 3. The summed E-state index contributed by atoms with van der Waals surface area (Å²) >= 11 is 1.46. The van der Waals surface area contributed by atoms with Crippen molar-refractivity contribution in [1.29, 1.82) is 0 Å². The number of nitrogens with zero attached hydrogens (tertiary/aromatic N) is 3. The fourth-order valence-corrected chi connectivity index (χ4v) is 1.87. The summed E-state index contributed by atoms with van der Waals surface area (Å²) < 4.78 is 1.89. The van der Waals surface area contributed by atoms with Gasteiger partial charge in [0, 0.05) is 13.5 Å². The number of carbonyl (C=O) groups is 1. The van der Waals surface area contributed by atoms with Crippen molar-refractivity contribution in [2.75, 3.05) is 5.75 Å². The standard InChI is InChI=1S/C9H15N3OS/c1-4-5-8(13)6-14-9-11-10-7(2)12(9)3/h4-6H2,1-3H3. The number of thioether (sulfide) groups is 1. The second-order valence-corrected chi connectivity index (χ2v) is 4.11. The lowest BCUT2D eigenvalue weighted by atomic mass is 10.3. The van der Waals surface area contributed by atoms with Crippen LogP contribution >= 0.6 is 11.8 Å². The van der Waals surface area contributed by atoms with Gasteiger partial charge in [0.05, 0.1) is 5.75 Å². The van der Waals surface area contributed by atoms with Gasteiger partial charge in [-0.1, -0.05) is 18.7 Å². The highest BCUT2D eigenvalue weighted by atomic mass is 32.2. The summed E-state index contributed by atoms with van der Waals surface area (Å²) in [6, 6.07) is 0. The van der Waals surface area contributed by atoms with E-state index in [0.29, 0.717) is 12.2 Å². The predicted octanol–water partition coefficient (Wildman–Crippen LogP) is 1.58. The smallest absolute Gasteiger partial charge is 0.191 e. The second kappa shape index (κ2) is 5.14. The molecule has 4 nitrogen and oxygen atoms in total. The molecule has 78 valence electrons. The van der Waals surface area contributed by atoms with Crippen LogP contribution in [0, 0.1) is 6.92 Å². The maximum atomic E-state index is 11.3. The van der Waals surface area contributed by atoms with E-state index in [-0.39, 0.29) is 5.78 Å². The Morgan fingerprint density at radius 3 is 2.71 bits per heavy atom. The highest BCUT2D eigenvalue weighted by Crippen LogP contribution is 2.15. The molecule has 1 rings (SSSR count). The van der Waals surface area contributed by atoms with Crippen LogP contribution in [0.5, 0.6) is 0 Å². The molecule has 0 aliphatic rings. The minimum atomic E-state index is 0.276. The lowest BCUT2D eigenvalue weighted by Gasteiger charge is -2.00. The number of hydrogen-bond donors (Lipinski definition) is 0. The second-order valence-electron chi connectivity index (χ2n) is 3.17. The molecule has 0 aliphatic heterocycles. The van der Waals surface area contributed by atoms with Gasteiger partial charge < -0.3 is 4.57 Å². The van der Waals surface area contributed by atoms with Crippen LogP contribution in [0.4, 0.5) is 0 Å². The first kappa shape index (κ1) is 11.2. The summed E-state index contributed by atoms with van der Waals surface area (Å²) in [4.78, 5) is 11.3. The minimum absolute atomic E-state index is 0.276. The minimum Gasteiger partial charge on any atom is -0.309 e. The molecule has 1 aromatic rings. The van der Waals surface area contributed by atoms with Crippen LogP contribution in [0.1, 0.15) is 25.6 Å². The fourth-order valence-electron chi connectivity index (χ4n) is 1.01. The zero-order valence-electron chi connectivity index (χ0n) is 8.78. The zero-order chi connectivity index (χ0) is 10.6. The molecule has 0 N–H and O–H groups in total. The number of hydrogen-bond acceptors (Lipinski definition) is 4. The Bertz CT molecular complexity index is 322. The molecular formula is C9H15N3OS. The Balaban J connectivity index is 2.46. The van der Waals surface area contributed by atoms with Gasteiger partial charge in [0.25, 0.3) is 0 Å². The van der Waals surface area contributed by atoms with Crippen molar-refractivity contribution in [2.45, 2.75) is 31.8 Å². The molecule has 0 bridgehead atoms. The van der Waals surface area contributed by atoms with E-state index in [9.17, 15) is 4.79 Å².